The number of piperazine rings is 1. The lowest BCUT2D eigenvalue weighted by Gasteiger charge is -2.36. The minimum Gasteiger partial charge on any atom is -0.368 e. The van der Waals surface area contributed by atoms with Crippen LogP contribution in [0.3, 0.4) is 0 Å². The standard InChI is InChI=1S/C24H27N5O2/c1-17-3-7-19(8-4-17)22-15-29-21(16-31-22)23(25-26-29)24(30)28-13-11-27(12-14-28)20-9-5-18(2)6-10-20/h3-10,22H,11-16H2,1-2H3/t22-/m0/s1. The number of hydrogen-bond donors (Lipinski definition) is 0. The Morgan fingerprint density at radius 2 is 1.58 bits per heavy atom. The molecule has 0 N–H and O–H groups in total. The van der Waals surface area contributed by atoms with Crippen molar-refractivity contribution in [2.45, 2.75) is 33.1 Å². The first-order chi connectivity index (χ1) is 15.1. The Bertz CT molecular complexity index is 1070. The Balaban J connectivity index is 1.24. The molecule has 3 aromatic rings. The molecule has 7 heteroatoms. The van der Waals surface area contributed by atoms with Crippen molar-refractivity contribution in [1.82, 2.24) is 19.9 Å². The largest absolute Gasteiger partial charge is 0.368 e. The summed E-state index contributed by atoms with van der Waals surface area (Å²) in [5, 5.41) is 8.50. The fourth-order valence-electron chi connectivity index (χ4n) is 4.23. The van der Waals surface area contributed by atoms with Crippen LogP contribution in [0.15, 0.2) is 48.5 Å². The number of nitrogens with zero attached hydrogens (tertiary/aromatic N) is 5. The van der Waals surface area contributed by atoms with E-state index in [0.717, 1.165) is 24.3 Å². The van der Waals surface area contributed by atoms with E-state index in [0.29, 0.717) is 31.9 Å². The van der Waals surface area contributed by atoms with Crippen molar-refractivity contribution in [3.8, 4) is 0 Å². The number of carbonyl (C=O) groups excluding carboxylic acids is 1. The van der Waals surface area contributed by atoms with Crippen LogP contribution in [0, 0.1) is 13.8 Å². The van der Waals surface area contributed by atoms with Crippen molar-refractivity contribution < 1.29 is 9.53 Å². The molecular formula is C24H27N5O2. The summed E-state index contributed by atoms with van der Waals surface area (Å²) in [6, 6.07) is 16.9. The van der Waals surface area contributed by atoms with E-state index in [1.807, 2.05) is 9.58 Å². The summed E-state index contributed by atoms with van der Waals surface area (Å²) in [6.45, 7) is 8.04. The molecule has 0 radical (unpaired) electrons. The zero-order valence-electron chi connectivity index (χ0n) is 18.0. The molecule has 0 aliphatic carbocycles. The summed E-state index contributed by atoms with van der Waals surface area (Å²) in [7, 11) is 0. The van der Waals surface area contributed by atoms with Gasteiger partial charge in [-0.3, -0.25) is 4.79 Å². The van der Waals surface area contributed by atoms with Gasteiger partial charge in [-0.25, -0.2) is 4.68 Å². The second-order valence-electron chi connectivity index (χ2n) is 8.39. The maximum Gasteiger partial charge on any atom is 0.276 e. The molecule has 5 rings (SSSR count). The van der Waals surface area contributed by atoms with Gasteiger partial charge in [0.2, 0.25) is 0 Å². The van der Waals surface area contributed by atoms with Gasteiger partial charge in [-0.1, -0.05) is 52.7 Å². The average Bonchev–Trinajstić information content (AvgIpc) is 3.23. The third kappa shape index (κ3) is 3.93. The highest BCUT2D eigenvalue weighted by Crippen LogP contribution is 2.28. The van der Waals surface area contributed by atoms with E-state index < -0.39 is 0 Å². The van der Waals surface area contributed by atoms with Gasteiger partial charge >= 0.3 is 0 Å². The van der Waals surface area contributed by atoms with Gasteiger partial charge in [0.25, 0.3) is 5.91 Å². The number of amides is 1. The number of benzene rings is 2. The molecule has 1 atom stereocenters. The molecule has 0 spiro atoms. The number of anilines is 1. The summed E-state index contributed by atoms with van der Waals surface area (Å²) in [5.41, 5.74) is 5.99. The third-order valence-electron chi connectivity index (χ3n) is 6.22. The van der Waals surface area contributed by atoms with Crippen LogP contribution in [-0.2, 0) is 17.9 Å². The number of hydrogen-bond acceptors (Lipinski definition) is 5. The lowest BCUT2D eigenvalue weighted by Crippen LogP contribution is -2.49. The van der Waals surface area contributed by atoms with Crippen LogP contribution in [0.25, 0.3) is 0 Å². The summed E-state index contributed by atoms with van der Waals surface area (Å²) >= 11 is 0. The molecule has 0 unspecified atom stereocenters. The van der Waals surface area contributed by atoms with Crippen LogP contribution in [0.1, 0.15) is 39.0 Å². The Morgan fingerprint density at radius 3 is 2.26 bits per heavy atom. The molecule has 2 aromatic carbocycles. The lowest BCUT2D eigenvalue weighted by atomic mass is 10.1. The summed E-state index contributed by atoms with van der Waals surface area (Å²) in [6.07, 6.45) is -0.0733. The Hall–Kier alpha value is -3.19. The van der Waals surface area contributed by atoms with E-state index in [1.54, 1.807) is 0 Å². The van der Waals surface area contributed by atoms with E-state index >= 15 is 0 Å². The highest BCUT2D eigenvalue weighted by atomic mass is 16.5. The molecule has 1 aromatic heterocycles. The SMILES string of the molecule is Cc1ccc([C@@H]2Cn3nnc(C(=O)N4CCN(c5ccc(C)cc5)CC4)c3CO2)cc1. The van der Waals surface area contributed by atoms with Gasteiger partial charge in [-0.05, 0) is 31.5 Å². The van der Waals surface area contributed by atoms with Crippen LogP contribution in [0.4, 0.5) is 5.69 Å². The molecule has 160 valence electrons. The van der Waals surface area contributed by atoms with Crippen molar-refractivity contribution in [2.75, 3.05) is 31.1 Å². The number of carbonyl (C=O) groups is 1. The van der Waals surface area contributed by atoms with E-state index in [-0.39, 0.29) is 12.0 Å². The predicted molar refractivity (Wildman–Crippen MR) is 118 cm³/mol. The smallest absolute Gasteiger partial charge is 0.276 e. The molecule has 1 saturated heterocycles. The Kier molecular flexibility index (Phi) is 5.19. The fourth-order valence-corrected chi connectivity index (χ4v) is 4.23. The number of rotatable bonds is 3. The van der Waals surface area contributed by atoms with Crippen molar-refractivity contribution in [3.63, 3.8) is 0 Å². The van der Waals surface area contributed by atoms with Gasteiger partial charge in [0.1, 0.15) is 6.10 Å². The van der Waals surface area contributed by atoms with Crippen LogP contribution < -0.4 is 4.90 Å². The van der Waals surface area contributed by atoms with Crippen molar-refractivity contribution in [2.24, 2.45) is 0 Å². The molecule has 31 heavy (non-hydrogen) atoms. The molecule has 2 aliphatic rings. The predicted octanol–water partition coefficient (Wildman–Crippen LogP) is 3.13. The molecule has 2 aliphatic heterocycles. The average molecular weight is 418 g/mol. The number of fused-ring (bicyclic) bond motifs is 1. The second kappa shape index (κ2) is 8.15. The highest BCUT2D eigenvalue weighted by molar-refractivity contribution is 5.93. The molecule has 3 heterocycles. The van der Waals surface area contributed by atoms with Gasteiger partial charge < -0.3 is 14.5 Å². The number of ether oxygens (including phenoxy) is 1. The monoisotopic (exact) mass is 417 g/mol. The molecule has 1 fully saturated rings. The van der Waals surface area contributed by atoms with Crippen molar-refractivity contribution in [1.29, 1.82) is 0 Å². The van der Waals surface area contributed by atoms with Gasteiger partial charge in [0, 0.05) is 31.9 Å². The lowest BCUT2D eigenvalue weighted by molar-refractivity contribution is -0.00196. The number of aromatic nitrogens is 3. The first kappa shape index (κ1) is 19.8. The summed E-state index contributed by atoms with van der Waals surface area (Å²) in [5.74, 6) is -0.0535. The van der Waals surface area contributed by atoms with Gasteiger partial charge in [0.15, 0.2) is 5.69 Å². The highest BCUT2D eigenvalue weighted by Gasteiger charge is 2.31. The van der Waals surface area contributed by atoms with Crippen LogP contribution in [0.2, 0.25) is 0 Å². The molecule has 1 amide bonds. The van der Waals surface area contributed by atoms with E-state index in [4.69, 9.17) is 4.74 Å². The van der Waals surface area contributed by atoms with E-state index in [2.05, 4.69) is 77.6 Å². The van der Waals surface area contributed by atoms with Crippen LogP contribution >= 0.6 is 0 Å². The van der Waals surface area contributed by atoms with Gasteiger partial charge in [0.05, 0.1) is 18.8 Å². The molecule has 7 nitrogen and oxygen atoms in total. The third-order valence-corrected chi connectivity index (χ3v) is 6.22. The summed E-state index contributed by atoms with van der Waals surface area (Å²) < 4.78 is 7.89. The molecular weight excluding hydrogens is 390 g/mol. The topological polar surface area (TPSA) is 63.5 Å². The first-order valence-corrected chi connectivity index (χ1v) is 10.8. The maximum absolute atomic E-state index is 13.1. The normalized spacial score (nSPS) is 18.7. The zero-order valence-corrected chi connectivity index (χ0v) is 18.0. The van der Waals surface area contributed by atoms with Crippen molar-refractivity contribution in [3.05, 3.63) is 76.6 Å². The van der Waals surface area contributed by atoms with Gasteiger partial charge in [-0.15, -0.1) is 5.10 Å². The van der Waals surface area contributed by atoms with Crippen molar-refractivity contribution >= 4 is 11.6 Å². The fraction of sp³-hybridized carbons (Fsp3) is 0.375. The van der Waals surface area contributed by atoms with E-state index in [9.17, 15) is 4.79 Å². The first-order valence-electron chi connectivity index (χ1n) is 10.8. The van der Waals surface area contributed by atoms with Crippen LogP contribution in [-0.4, -0.2) is 52.0 Å². The quantitative estimate of drug-likeness (QED) is 0.655. The van der Waals surface area contributed by atoms with Gasteiger partial charge in [-0.2, -0.15) is 0 Å². The molecule has 0 saturated carbocycles. The van der Waals surface area contributed by atoms with Crippen LogP contribution in [0.5, 0.6) is 0 Å². The molecule has 0 bridgehead atoms. The zero-order chi connectivity index (χ0) is 21.4. The Labute approximate surface area is 182 Å². The maximum atomic E-state index is 13.1. The van der Waals surface area contributed by atoms with E-state index in [1.165, 1.54) is 16.8 Å². The second-order valence-corrected chi connectivity index (χ2v) is 8.39. The summed E-state index contributed by atoms with van der Waals surface area (Å²) in [4.78, 5) is 17.3. The minimum atomic E-state index is -0.0733. The minimum absolute atomic E-state index is 0.0535. The Morgan fingerprint density at radius 1 is 0.935 bits per heavy atom. The number of aryl methyl sites for hydroxylation is 2.